The number of anilines is 1. The van der Waals surface area contributed by atoms with E-state index >= 15 is 0 Å². The molecule has 0 aliphatic rings. The summed E-state index contributed by atoms with van der Waals surface area (Å²) >= 11 is 8.63. The van der Waals surface area contributed by atoms with E-state index in [-0.39, 0.29) is 5.82 Å². The van der Waals surface area contributed by atoms with Gasteiger partial charge in [0.1, 0.15) is 10.8 Å². The van der Waals surface area contributed by atoms with Gasteiger partial charge in [-0.1, -0.05) is 46.3 Å². The molecular weight excluding hydrogens is 301 g/mol. The van der Waals surface area contributed by atoms with Gasteiger partial charge in [-0.2, -0.15) is 0 Å². The second-order valence-electron chi connectivity index (χ2n) is 3.47. The topological polar surface area (TPSA) is 12.0 Å². The molecule has 0 unspecified atom stereocenters. The van der Waals surface area contributed by atoms with E-state index < -0.39 is 0 Å². The summed E-state index contributed by atoms with van der Waals surface area (Å²) in [6.45, 7) is 0. The Morgan fingerprint density at radius 2 is 1.88 bits per heavy atom. The highest BCUT2D eigenvalue weighted by molar-refractivity contribution is 9.10. The maximum Gasteiger partial charge on any atom is 0.125 e. The largest absolute Gasteiger partial charge is 0.346 e. The van der Waals surface area contributed by atoms with Gasteiger partial charge in [-0.15, -0.1) is 0 Å². The zero-order valence-corrected chi connectivity index (χ0v) is 11.2. The fraction of sp³-hybridized carbons (Fsp3) is 0. The standard InChI is InChI=1S/C13H9BrFNS/c14-10-4-1-3-9(7-10)13(17)16-12-6-2-5-11(15)8-12/h1-8H,(H,16,17). The molecule has 2 aromatic carbocycles. The van der Waals surface area contributed by atoms with E-state index in [1.165, 1.54) is 12.1 Å². The van der Waals surface area contributed by atoms with Crippen LogP contribution in [0.4, 0.5) is 10.1 Å². The van der Waals surface area contributed by atoms with Crippen LogP contribution in [-0.2, 0) is 0 Å². The van der Waals surface area contributed by atoms with E-state index in [0.29, 0.717) is 10.7 Å². The van der Waals surface area contributed by atoms with Crippen LogP contribution in [0.5, 0.6) is 0 Å². The van der Waals surface area contributed by atoms with Gasteiger partial charge >= 0.3 is 0 Å². The van der Waals surface area contributed by atoms with Gasteiger partial charge in [0, 0.05) is 15.7 Å². The van der Waals surface area contributed by atoms with Gasteiger partial charge in [0.15, 0.2) is 0 Å². The molecule has 2 aromatic rings. The highest BCUT2D eigenvalue weighted by Crippen LogP contribution is 2.15. The molecule has 2 rings (SSSR count). The third-order valence-corrected chi connectivity index (χ3v) is 3.00. The van der Waals surface area contributed by atoms with Crippen molar-refractivity contribution in [1.29, 1.82) is 0 Å². The number of nitrogens with one attached hydrogen (secondary N) is 1. The Labute approximate surface area is 113 Å². The van der Waals surface area contributed by atoms with Crippen LogP contribution in [0.1, 0.15) is 5.56 Å². The van der Waals surface area contributed by atoms with Crippen molar-refractivity contribution in [2.75, 3.05) is 5.32 Å². The molecule has 0 spiro atoms. The van der Waals surface area contributed by atoms with Crippen LogP contribution < -0.4 is 5.32 Å². The van der Waals surface area contributed by atoms with Gasteiger partial charge in [-0.3, -0.25) is 0 Å². The maximum absolute atomic E-state index is 13.0. The Balaban J connectivity index is 2.17. The molecule has 0 saturated heterocycles. The minimum absolute atomic E-state index is 0.285. The fourth-order valence-electron chi connectivity index (χ4n) is 1.40. The third-order valence-electron chi connectivity index (χ3n) is 2.17. The van der Waals surface area contributed by atoms with E-state index in [1.54, 1.807) is 12.1 Å². The van der Waals surface area contributed by atoms with E-state index in [1.807, 2.05) is 24.3 Å². The van der Waals surface area contributed by atoms with Crippen LogP contribution in [0, 0.1) is 5.82 Å². The van der Waals surface area contributed by atoms with Crippen molar-refractivity contribution in [3.8, 4) is 0 Å². The molecule has 1 N–H and O–H groups in total. The highest BCUT2D eigenvalue weighted by Gasteiger charge is 2.02. The van der Waals surface area contributed by atoms with Crippen molar-refractivity contribution in [1.82, 2.24) is 0 Å². The zero-order chi connectivity index (χ0) is 12.3. The van der Waals surface area contributed by atoms with Crippen molar-refractivity contribution >= 4 is 38.8 Å². The lowest BCUT2D eigenvalue weighted by molar-refractivity contribution is 0.628. The first-order chi connectivity index (χ1) is 8.15. The van der Waals surface area contributed by atoms with Gasteiger partial charge < -0.3 is 5.32 Å². The Bertz CT molecular complexity index is 557. The lowest BCUT2D eigenvalue weighted by Gasteiger charge is -2.08. The predicted molar refractivity (Wildman–Crippen MR) is 75.9 cm³/mol. The lowest BCUT2D eigenvalue weighted by atomic mass is 10.2. The molecule has 0 amide bonds. The molecule has 86 valence electrons. The molecule has 0 aliphatic carbocycles. The summed E-state index contributed by atoms with van der Waals surface area (Å²) in [6.07, 6.45) is 0. The number of thiocarbonyl (C=S) groups is 1. The Hall–Kier alpha value is -1.26. The van der Waals surface area contributed by atoms with Gasteiger partial charge in [0.2, 0.25) is 0 Å². The Kier molecular flexibility index (Phi) is 3.86. The van der Waals surface area contributed by atoms with E-state index in [9.17, 15) is 4.39 Å². The number of rotatable bonds is 2. The zero-order valence-electron chi connectivity index (χ0n) is 8.78. The normalized spacial score (nSPS) is 10.0. The molecule has 0 saturated carbocycles. The van der Waals surface area contributed by atoms with Crippen molar-refractivity contribution in [3.05, 3.63) is 64.4 Å². The molecule has 0 aliphatic heterocycles. The van der Waals surface area contributed by atoms with Crippen LogP contribution in [-0.4, -0.2) is 4.99 Å². The number of hydrogen-bond acceptors (Lipinski definition) is 1. The summed E-state index contributed by atoms with van der Waals surface area (Å²) in [7, 11) is 0. The smallest absolute Gasteiger partial charge is 0.125 e. The van der Waals surface area contributed by atoms with Crippen LogP contribution in [0.25, 0.3) is 0 Å². The molecule has 0 atom stereocenters. The van der Waals surface area contributed by atoms with Gasteiger partial charge in [-0.05, 0) is 30.3 Å². The molecular formula is C13H9BrFNS. The molecule has 0 radical (unpaired) electrons. The maximum atomic E-state index is 13.0. The lowest BCUT2D eigenvalue weighted by Crippen LogP contribution is -2.10. The minimum atomic E-state index is -0.285. The summed E-state index contributed by atoms with van der Waals surface area (Å²) in [5.74, 6) is -0.285. The highest BCUT2D eigenvalue weighted by atomic mass is 79.9. The van der Waals surface area contributed by atoms with Gasteiger partial charge in [0.05, 0.1) is 0 Å². The number of halogens is 2. The average Bonchev–Trinajstić information content (AvgIpc) is 2.29. The SMILES string of the molecule is Fc1cccc(NC(=S)c2cccc(Br)c2)c1. The van der Waals surface area contributed by atoms with E-state index in [2.05, 4.69) is 21.2 Å². The van der Waals surface area contributed by atoms with Crippen LogP contribution in [0.2, 0.25) is 0 Å². The quantitative estimate of drug-likeness (QED) is 0.826. The predicted octanol–water partition coefficient (Wildman–Crippen LogP) is 4.38. The summed E-state index contributed by atoms with van der Waals surface area (Å²) in [4.78, 5) is 0.567. The Morgan fingerprint density at radius 1 is 1.12 bits per heavy atom. The first kappa shape index (κ1) is 12.2. The molecule has 0 fully saturated rings. The minimum Gasteiger partial charge on any atom is -0.346 e. The van der Waals surface area contributed by atoms with Crippen molar-refractivity contribution in [2.45, 2.75) is 0 Å². The molecule has 4 heteroatoms. The van der Waals surface area contributed by atoms with Crippen molar-refractivity contribution in [3.63, 3.8) is 0 Å². The summed E-state index contributed by atoms with van der Waals surface area (Å²) in [5.41, 5.74) is 1.54. The second kappa shape index (κ2) is 5.38. The van der Waals surface area contributed by atoms with Crippen LogP contribution >= 0.6 is 28.1 Å². The Morgan fingerprint density at radius 3 is 2.59 bits per heavy atom. The van der Waals surface area contributed by atoms with Gasteiger partial charge in [0.25, 0.3) is 0 Å². The van der Waals surface area contributed by atoms with Crippen molar-refractivity contribution < 1.29 is 4.39 Å². The molecule has 1 nitrogen and oxygen atoms in total. The average molecular weight is 310 g/mol. The van der Waals surface area contributed by atoms with E-state index in [0.717, 1.165) is 10.0 Å². The number of benzene rings is 2. The van der Waals surface area contributed by atoms with Crippen LogP contribution in [0.15, 0.2) is 53.0 Å². The summed E-state index contributed by atoms with van der Waals surface area (Å²) < 4.78 is 14.0. The van der Waals surface area contributed by atoms with Crippen molar-refractivity contribution in [2.24, 2.45) is 0 Å². The second-order valence-corrected chi connectivity index (χ2v) is 4.80. The van der Waals surface area contributed by atoms with E-state index in [4.69, 9.17) is 12.2 Å². The molecule has 0 aromatic heterocycles. The van der Waals surface area contributed by atoms with Crippen LogP contribution in [0.3, 0.4) is 0 Å². The summed E-state index contributed by atoms with van der Waals surface area (Å²) in [6, 6.07) is 13.9. The first-order valence-corrected chi connectivity index (χ1v) is 6.18. The monoisotopic (exact) mass is 309 g/mol. The summed E-state index contributed by atoms with van der Waals surface area (Å²) in [5, 5.41) is 3.00. The number of hydrogen-bond donors (Lipinski definition) is 1. The van der Waals surface area contributed by atoms with Gasteiger partial charge in [-0.25, -0.2) is 4.39 Å². The molecule has 0 heterocycles. The fourth-order valence-corrected chi connectivity index (χ4v) is 2.04. The molecule has 17 heavy (non-hydrogen) atoms. The molecule has 0 bridgehead atoms. The first-order valence-electron chi connectivity index (χ1n) is 4.97. The third kappa shape index (κ3) is 3.35.